The summed E-state index contributed by atoms with van der Waals surface area (Å²) in [6.45, 7) is 2.18. The molecule has 1 aliphatic heterocycles. The first-order chi connectivity index (χ1) is 6.77. The van der Waals surface area contributed by atoms with Gasteiger partial charge in [0.1, 0.15) is 0 Å². The molecule has 0 spiro atoms. The van der Waals surface area contributed by atoms with Crippen molar-refractivity contribution in [1.29, 1.82) is 0 Å². The Balaban J connectivity index is 2.07. The minimum absolute atomic E-state index is 0.402. The van der Waals surface area contributed by atoms with Crippen LogP contribution in [0.4, 0.5) is 0 Å². The van der Waals surface area contributed by atoms with Crippen molar-refractivity contribution in [3.05, 3.63) is 35.4 Å². The van der Waals surface area contributed by atoms with Gasteiger partial charge in [-0.15, -0.1) is 0 Å². The molecule has 2 atom stereocenters. The maximum atomic E-state index is 6.06. The van der Waals surface area contributed by atoms with Crippen LogP contribution in [-0.2, 0) is 6.42 Å². The lowest BCUT2D eigenvalue weighted by molar-refractivity contribution is 0.514. The summed E-state index contributed by atoms with van der Waals surface area (Å²) in [5, 5.41) is 0. The van der Waals surface area contributed by atoms with Crippen molar-refractivity contribution in [3.63, 3.8) is 0 Å². The van der Waals surface area contributed by atoms with Crippen molar-refractivity contribution in [2.75, 3.05) is 11.5 Å². The predicted molar refractivity (Wildman–Crippen MR) is 63.7 cm³/mol. The molecule has 1 heterocycles. The third-order valence-corrected chi connectivity index (χ3v) is 4.28. The van der Waals surface area contributed by atoms with Crippen LogP contribution in [0.15, 0.2) is 24.3 Å². The summed E-state index contributed by atoms with van der Waals surface area (Å²) < 4.78 is 0. The van der Waals surface area contributed by atoms with Gasteiger partial charge in [0.2, 0.25) is 0 Å². The Morgan fingerprint density at radius 1 is 1.36 bits per heavy atom. The maximum absolute atomic E-state index is 6.06. The highest BCUT2D eigenvalue weighted by molar-refractivity contribution is 7.99. The van der Waals surface area contributed by atoms with E-state index in [1.54, 1.807) is 0 Å². The van der Waals surface area contributed by atoms with Gasteiger partial charge < -0.3 is 5.73 Å². The second-order valence-electron chi connectivity index (χ2n) is 4.09. The van der Waals surface area contributed by atoms with Gasteiger partial charge in [-0.1, -0.05) is 24.3 Å². The summed E-state index contributed by atoms with van der Waals surface area (Å²) in [7, 11) is 0. The molecular weight excluding hydrogens is 190 g/mol. The Hall–Kier alpha value is -0.470. The van der Waals surface area contributed by atoms with E-state index in [1.165, 1.54) is 16.9 Å². The van der Waals surface area contributed by atoms with E-state index in [0.29, 0.717) is 12.0 Å². The first-order valence-corrected chi connectivity index (χ1v) is 6.30. The number of nitrogens with two attached hydrogens (primary N) is 1. The van der Waals surface area contributed by atoms with Gasteiger partial charge in [0.05, 0.1) is 0 Å². The van der Waals surface area contributed by atoms with Crippen LogP contribution >= 0.6 is 11.8 Å². The highest BCUT2D eigenvalue weighted by Crippen LogP contribution is 2.26. The van der Waals surface area contributed by atoms with E-state index in [-0.39, 0.29) is 0 Å². The molecule has 2 unspecified atom stereocenters. The predicted octanol–water partition coefficient (Wildman–Crippen LogP) is 2.23. The number of rotatable bonds is 2. The number of hydrogen-bond acceptors (Lipinski definition) is 2. The molecule has 0 amide bonds. The Morgan fingerprint density at radius 3 is 2.79 bits per heavy atom. The minimum Gasteiger partial charge on any atom is -0.327 e. The topological polar surface area (TPSA) is 26.0 Å². The molecular formula is C12H17NS. The second-order valence-corrected chi connectivity index (χ2v) is 5.17. The normalized spacial score (nSPS) is 26.7. The molecule has 0 aliphatic carbocycles. The van der Waals surface area contributed by atoms with Gasteiger partial charge in [-0.05, 0) is 36.1 Å². The first-order valence-electron chi connectivity index (χ1n) is 5.15. The lowest BCUT2D eigenvalue weighted by atomic mass is 9.93. The number of aryl methyl sites for hydroxylation is 1. The third-order valence-electron chi connectivity index (χ3n) is 2.99. The van der Waals surface area contributed by atoms with Crippen molar-refractivity contribution >= 4 is 11.8 Å². The van der Waals surface area contributed by atoms with Crippen molar-refractivity contribution in [2.45, 2.75) is 19.4 Å². The molecule has 14 heavy (non-hydrogen) atoms. The quantitative estimate of drug-likeness (QED) is 0.805. The van der Waals surface area contributed by atoms with Crippen molar-refractivity contribution in [3.8, 4) is 0 Å². The zero-order chi connectivity index (χ0) is 9.97. The lowest BCUT2D eigenvalue weighted by Crippen LogP contribution is -2.29. The molecule has 1 saturated heterocycles. The third kappa shape index (κ3) is 2.12. The fourth-order valence-corrected chi connectivity index (χ4v) is 3.30. The summed E-state index contributed by atoms with van der Waals surface area (Å²) in [5.74, 6) is 3.05. The van der Waals surface area contributed by atoms with Gasteiger partial charge in [-0.25, -0.2) is 0 Å². The standard InChI is InChI=1S/C12H17NS/c1-9-4-2-3-5-10(9)6-11-7-14-8-12(11)13/h2-5,11-12H,6-8,13H2,1H3. The molecule has 0 bridgehead atoms. The molecule has 1 nitrogen and oxygen atoms in total. The molecule has 0 saturated carbocycles. The Labute approximate surface area is 90.1 Å². The Kier molecular flexibility index (Phi) is 3.14. The van der Waals surface area contributed by atoms with Gasteiger partial charge in [0.15, 0.2) is 0 Å². The molecule has 0 aromatic heterocycles. The zero-order valence-electron chi connectivity index (χ0n) is 8.57. The smallest absolute Gasteiger partial charge is 0.0170 e. The van der Waals surface area contributed by atoms with Crippen molar-refractivity contribution in [1.82, 2.24) is 0 Å². The molecule has 1 aromatic rings. The van der Waals surface area contributed by atoms with Gasteiger partial charge in [-0.2, -0.15) is 11.8 Å². The van der Waals surface area contributed by atoms with Gasteiger partial charge in [0, 0.05) is 11.8 Å². The second kappa shape index (κ2) is 4.37. The SMILES string of the molecule is Cc1ccccc1CC1CSCC1N. The van der Waals surface area contributed by atoms with Crippen LogP contribution in [-0.4, -0.2) is 17.5 Å². The van der Waals surface area contributed by atoms with Crippen molar-refractivity contribution < 1.29 is 0 Å². The van der Waals surface area contributed by atoms with Gasteiger partial charge in [-0.3, -0.25) is 0 Å². The Bertz CT molecular complexity index is 311. The fourth-order valence-electron chi connectivity index (χ4n) is 1.95. The van der Waals surface area contributed by atoms with E-state index in [0.717, 1.165) is 12.2 Å². The van der Waals surface area contributed by atoms with Crippen LogP contribution in [0.1, 0.15) is 11.1 Å². The average Bonchev–Trinajstić information content (AvgIpc) is 2.56. The van der Waals surface area contributed by atoms with E-state index in [1.807, 2.05) is 11.8 Å². The van der Waals surface area contributed by atoms with Crippen LogP contribution < -0.4 is 5.73 Å². The summed E-state index contributed by atoms with van der Waals surface area (Å²) in [5.41, 5.74) is 8.92. The molecule has 0 radical (unpaired) electrons. The van der Waals surface area contributed by atoms with E-state index in [2.05, 4.69) is 31.2 Å². The summed E-state index contributed by atoms with van der Waals surface area (Å²) in [6, 6.07) is 9.03. The summed E-state index contributed by atoms with van der Waals surface area (Å²) >= 11 is 1.99. The molecule has 2 rings (SSSR count). The van der Waals surface area contributed by atoms with E-state index >= 15 is 0 Å². The minimum atomic E-state index is 0.402. The monoisotopic (exact) mass is 207 g/mol. The lowest BCUT2D eigenvalue weighted by Gasteiger charge is -2.15. The molecule has 1 aromatic carbocycles. The van der Waals surface area contributed by atoms with Gasteiger partial charge >= 0.3 is 0 Å². The van der Waals surface area contributed by atoms with Crippen LogP contribution in [0.2, 0.25) is 0 Å². The van der Waals surface area contributed by atoms with E-state index in [4.69, 9.17) is 5.73 Å². The number of benzene rings is 1. The van der Waals surface area contributed by atoms with Crippen LogP contribution in [0.25, 0.3) is 0 Å². The fraction of sp³-hybridized carbons (Fsp3) is 0.500. The van der Waals surface area contributed by atoms with Crippen molar-refractivity contribution in [2.24, 2.45) is 11.7 Å². The molecule has 2 N–H and O–H groups in total. The van der Waals surface area contributed by atoms with E-state index in [9.17, 15) is 0 Å². The summed E-state index contributed by atoms with van der Waals surface area (Å²) in [6.07, 6.45) is 1.15. The zero-order valence-corrected chi connectivity index (χ0v) is 9.39. The molecule has 1 aliphatic rings. The van der Waals surface area contributed by atoms with Crippen LogP contribution in [0.5, 0.6) is 0 Å². The highest BCUT2D eigenvalue weighted by atomic mass is 32.2. The number of thioether (sulfide) groups is 1. The van der Waals surface area contributed by atoms with Crippen LogP contribution in [0.3, 0.4) is 0 Å². The van der Waals surface area contributed by atoms with Crippen LogP contribution in [0, 0.1) is 12.8 Å². The highest BCUT2D eigenvalue weighted by Gasteiger charge is 2.24. The average molecular weight is 207 g/mol. The first kappa shape index (κ1) is 10.1. The molecule has 2 heteroatoms. The number of hydrogen-bond donors (Lipinski definition) is 1. The molecule has 1 fully saturated rings. The summed E-state index contributed by atoms with van der Waals surface area (Å²) in [4.78, 5) is 0. The largest absolute Gasteiger partial charge is 0.327 e. The molecule has 76 valence electrons. The van der Waals surface area contributed by atoms with Gasteiger partial charge in [0.25, 0.3) is 0 Å². The Morgan fingerprint density at radius 2 is 2.14 bits per heavy atom. The maximum Gasteiger partial charge on any atom is 0.0170 e. The van der Waals surface area contributed by atoms with E-state index < -0.39 is 0 Å².